The monoisotopic (exact) mass is 488 g/mol. The number of aliphatic hydroxyl groups excluding tert-OH is 1. The molecule has 5 aliphatic rings. The number of aliphatic hydroxyl groups is 3. The second-order valence-corrected chi connectivity index (χ2v) is 14.8. The van der Waals surface area contributed by atoms with Crippen LogP contribution in [0.2, 0.25) is 0 Å². The summed E-state index contributed by atoms with van der Waals surface area (Å²) in [6.07, 6.45) is 6.62. The van der Waals surface area contributed by atoms with Gasteiger partial charge in [-0.05, 0) is 110 Å². The van der Waals surface area contributed by atoms with Crippen LogP contribution in [0.1, 0.15) is 99.3 Å². The number of rotatable bonds is 2. The second-order valence-electron chi connectivity index (χ2n) is 14.8. The molecule has 5 nitrogen and oxygen atoms in total. The van der Waals surface area contributed by atoms with E-state index in [1.54, 1.807) is 0 Å². The van der Waals surface area contributed by atoms with E-state index < -0.39 is 17.2 Å². The van der Waals surface area contributed by atoms with Crippen LogP contribution >= 0.6 is 0 Å². The third-order valence-corrected chi connectivity index (χ3v) is 13.5. The largest absolute Gasteiger partial charge is 0.481 e. The molecule has 0 radical (unpaired) electrons. The highest BCUT2D eigenvalue weighted by atomic mass is 16.5. The van der Waals surface area contributed by atoms with Crippen molar-refractivity contribution in [1.82, 2.24) is 0 Å². The number of hydrogen-bond donors (Lipinski definition) is 4. The molecule has 0 aromatic rings. The average molecular weight is 489 g/mol. The number of carbonyl (C=O) groups is 1. The third-order valence-electron chi connectivity index (χ3n) is 13.5. The molecule has 0 spiro atoms. The van der Waals surface area contributed by atoms with Crippen LogP contribution in [0.3, 0.4) is 0 Å². The van der Waals surface area contributed by atoms with Crippen molar-refractivity contribution in [2.45, 2.75) is 111 Å². The fourth-order valence-corrected chi connectivity index (χ4v) is 11.7. The van der Waals surface area contributed by atoms with Gasteiger partial charge in [-0.15, -0.1) is 0 Å². The molecule has 5 fully saturated rings. The molecule has 4 N–H and O–H groups in total. The van der Waals surface area contributed by atoms with Gasteiger partial charge in [0.25, 0.3) is 0 Å². The Morgan fingerprint density at radius 1 is 0.857 bits per heavy atom. The van der Waals surface area contributed by atoms with E-state index in [-0.39, 0.29) is 51.9 Å². The topological polar surface area (TPSA) is 98.0 Å². The van der Waals surface area contributed by atoms with Crippen molar-refractivity contribution in [1.29, 1.82) is 0 Å². The molecule has 0 heterocycles. The maximum Gasteiger partial charge on any atom is 0.315 e. The lowest BCUT2D eigenvalue weighted by molar-refractivity contribution is -0.339. The smallest absolute Gasteiger partial charge is 0.315 e. The summed E-state index contributed by atoms with van der Waals surface area (Å²) < 4.78 is 0. The molecule has 5 saturated carbocycles. The molecule has 5 heteroatoms. The first-order valence-electron chi connectivity index (χ1n) is 14.0. The standard InChI is InChI=1S/C30H48O5/c1-17(2)18-10-15-29(24(32)33)23(18)19-8-9-21-26(5)13-12-22(31)25(3,4)20(26)11-14-27(21,6)28(19,7)16-30(29,34)35/h18-23,31,34-35H,1,8-16H2,2-7H3,(H,32,33)/t18-,19+,20-,21+,22-,23+,26-,27+,28+,29-/m0/s1. The molecule has 0 amide bonds. The van der Waals surface area contributed by atoms with E-state index in [4.69, 9.17) is 0 Å². The van der Waals surface area contributed by atoms with Crippen LogP contribution in [0.15, 0.2) is 12.2 Å². The first kappa shape index (κ1) is 25.7. The van der Waals surface area contributed by atoms with Crippen LogP contribution in [0, 0.1) is 56.7 Å². The van der Waals surface area contributed by atoms with Crippen LogP contribution in [0.5, 0.6) is 0 Å². The van der Waals surface area contributed by atoms with Crippen molar-refractivity contribution in [3.63, 3.8) is 0 Å². The van der Waals surface area contributed by atoms with Gasteiger partial charge in [0.15, 0.2) is 5.79 Å². The van der Waals surface area contributed by atoms with Crippen molar-refractivity contribution < 1.29 is 25.2 Å². The molecule has 5 aliphatic carbocycles. The van der Waals surface area contributed by atoms with Crippen molar-refractivity contribution in [2.24, 2.45) is 56.7 Å². The zero-order chi connectivity index (χ0) is 26.0. The first-order valence-corrected chi connectivity index (χ1v) is 14.0. The maximum absolute atomic E-state index is 12.9. The van der Waals surface area contributed by atoms with Crippen molar-refractivity contribution in [2.75, 3.05) is 0 Å². The molecule has 35 heavy (non-hydrogen) atoms. The van der Waals surface area contributed by atoms with E-state index in [1.165, 1.54) is 0 Å². The number of carboxylic acids is 1. The van der Waals surface area contributed by atoms with Crippen molar-refractivity contribution in [3.05, 3.63) is 12.2 Å². The minimum atomic E-state index is -2.25. The Labute approximate surface area is 211 Å². The lowest BCUT2D eigenvalue weighted by Gasteiger charge is -2.73. The highest BCUT2D eigenvalue weighted by Crippen LogP contribution is 2.78. The summed E-state index contributed by atoms with van der Waals surface area (Å²) in [6.45, 7) is 17.8. The Kier molecular flexibility index (Phi) is 5.40. The highest BCUT2D eigenvalue weighted by molar-refractivity contribution is 5.77. The summed E-state index contributed by atoms with van der Waals surface area (Å²) in [5.41, 5.74) is -1.10. The van der Waals surface area contributed by atoms with Crippen LogP contribution in [-0.4, -0.2) is 38.3 Å². The van der Waals surface area contributed by atoms with Gasteiger partial charge in [-0.1, -0.05) is 46.8 Å². The summed E-state index contributed by atoms with van der Waals surface area (Å²) in [4.78, 5) is 12.9. The number of allylic oxidation sites excluding steroid dienone is 1. The molecule has 0 aliphatic heterocycles. The van der Waals surface area contributed by atoms with Gasteiger partial charge in [0.2, 0.25) is 0 Å². The molecule has 0 saturated heterocycles. The van der Waals surface area contributed by atoms with Crippen LogP contribution < -0.4 is 0 Å². The summed E-state index contributed by atoms with van der Waals surface area (Å²) in [5.74, 6) is -2.63. The van der Waals surface area contributed by atoms with Gasteiger partial charge in [-0.2, -0.15) is 0 Å². The van der Waals surface area contributed by atoms with E-state index in [0.717, 1.165) is 44.1 Å². The van der Waals surface area contributed by atoms with E-state index in [2.05, 4.69) is 41.2 Å². The molecule has 5 rings (SSSR count). The second kappa shape index (κ2) is 7.35. The van der Waals surface area contributed by atoms with E-state index in [0.29, 0.717) is 24.7 Å². The van der Waals surface area contributed by atoms with Gasteiger partial charge in [0, 0.05) is 6.42 Å². The number of hydrogen-bond acceptors (Lipinski definition) is 4. The number of aliphatic carboxylic acids is 1. The van der Waals surface area contributed by atoms with Crippen LogP contribution in [0.4, 0.5) is 0 Å². The van der Waals surface area contributed by atoms with E-state index in [1.807, 2.05) is 6.92 Å². The van der Waals surface area contributed by atoms with Crippen molar-refractivity contribution >= 4 is 5.97 Å². The SMILES string of the molecule is C=C(C)[C@@H]1CC[C@@]2(C(=O)O)[C@H]1[C@H]1CC[C@@H]3[C@@]4(C)CC[C@H](O)C(C)(C)[C@@H]4CC[C@@]3(C)[C@]1(C)CC2(O)O. The summed E-state index contributed by atoms with van der Waals surface area (Å²) >= 11 is 0. The lowest BCUT2D eigenvalue weighted by atomic mass is 9.31. The summed E-state index contributed by atoms with van der Waals surface area (Å²) in [6, 6.07) is 0. The minimum absolute atomic E-state index is 0.00485. The van der Waals surface area contributed by atoms with E-state index >= 15 is 0 Å². The zero-order valence-corrected chi connectivity index (χ0v) is 22.7. The Hall–Kier alpha value is -0.910. The molecule has 0 bridgehead atoms. The Morgan fingerprint density at radius 2 is 1.51 bits per heavy atom. The van der Waals surface area contributed by atoms with E-state index in [9.17, 15) is 25.2 Å². The molecule has 0 unspecified atom stereocenters. The summed E-state index contributed by atoms with van der Waals surface area (Å²) in [7, 11) is 0. The maximum atomic E-state index is 12.9. The zero-order valence-electron chi connectivity index (χ0n) is 22.7. The fourth-order valence-electron chi connectivity index (χ4n) is 11.7. The van der Waals surface area contributed by atoms with Crippen LogP contribution in [-0.2, 0) is 4.79 Å². The first-order chi connectivity index (χ1) is 16.0. The highest BCUT2D eigenvalue weighted by Gasteiger charge is 2.77. The Morgan fingerprint density at radius 3 is 2.11 bits per heavy atom. The predicted molar refractivity (Wildman–Crippen MR) is 135 cm³/mol. The number of fused-ring (bicyclic) bond motifs is 7. The Balaban J connectivity index is 1.63. The number of carboxylic acid groups (broad SMARTS) is 1. The van der Waals surface area contributed by atoms with Gasteiger partial charge >= 0.3 is 5.97 Å². The molecule has 198 valence electrons. The van der Waals surface area contributed by atoms with Crippen molar-refractivity contribution in [3.8, 4) is 0 Å². The van der Waals surface area contributed by atoms with Crippen LogP contribution in [0.25, 0.3) is 0 Å². The van der Waals surface area contributed by atoms with Gasteiger partial charge < -0.3 is 20.4 Å². The molecular formula is C30H48O5. The molecule has 0 aromatic carbocycles. The quantitative estimate of drug-likeness (QED) is 0.309. The third kappa shape index (κ3) is 2.84. The minimum Gasteiger partial charge on any atom is -0.481 e. The molecular weight excluding hydrogens is 440 g/mol. The van der Waals surface area contributed by atoms with Gasteiger partial charge in [-0.25, -0.2) is 0 Å². The lowest BCUT2D eigenvalue weighted by Crippen LogP contribution is -2.72. The van der Waals surface area contributed by atoms with Gasteiger partial charge in [-0.3, -0.25) is 4.79 Å². The summed E-state index contributed by atoms with van der Waals surface area (Å²) in [5, 5.41) is 44.8. The predicted octanol–water partition coefficient (Wildman–Crippen LogP) is 5.38. The average Bonchev–Trinajstić information content (AvgIpc) is 3.14. The fraction of sp³-hybridized carbons (Fsp3) is 0.900. The molecule has 0 aromatic heterocycles. The van der Waals surface area contributed by atoms with Gasteiger partial charge in [0.1, 0.15) is 5.41 Å². The Bertz CT molecular complexity index is 939. The van der Waals surface area contributed by atoms with Gasteiger partial charge in [0.05, 0.1) is 6.10 Å². The molecule has 10 atom stereocenters. The normalized spacial score (nSPS) is 54.1.